The molecule has 0 saturated heterocycles. The average molecular weight is 784 g/mol. The van der Waals surface area contributed by atoms with Crippen LogP contribution in [-0.4, -0.2) is 0 Å². The minimum atomic E-state index is -0.366. The van der Waals surface area contributed by atoms with Gasteiger partial charge in [-0.3, -0.25) is 0 Å². The highest BCUT2D eigenvalue weighted by atomic mass is 15.1. The maximum atomic E-state index is 2.55. The van der Waals surface area contributed by atoms with E-state index in [9.17, 15) is 0 Å². The molecule has 0 fully saturated rings. The van der Waals surface area contributed by atoms with Crippen LogP contribution in [0.3, 0.4) is 0 Å². The Bertz CT molecular complexity index is 3060. The summed E-state index contributed by atoms with van der Waals surface area (Å²) in [5.41, 5.74) is 25.3. The second-order valence-electron chi connectivity index (χ2n) is 18.5. The normalized spacial score (nSPS) is 20.8. The van der Waals surface area contributed by atoms with Gasteiger partial charge in [0.05, 0.1) is 5.41 Å². The van der Waals surface area contributed by atoms with Crippen LogP contribution < -0.4 is 4.90 Å². The van der Waals surface area contributed by atoms with Crippen molar-refractivity contribution in [1.82, 2.24) is 0 Å². The summed E-state index contributed by atoms with van der Waals surface area (Å²) < 4.78 is 0. The summed E-state index contributed by atoms with van der Waals surface area (Å²) in [7, 11) is 0. The van der Waals surface area contributed by atoms with Gasteiger partial charge in [0, 0.05) is 22.5 Å². The van der Waals surface area contributed by atoms with Crippen LogP contribution in [-0.2, 0) is 10.8 Å². The van der Waals surface area contributed by atoms with Crippen LogP contribution in [0.2, 0.25) is 0 Å². The number of nitrogens with zero attached hydrogens (tertiary/aromatic N) is 1. The minimum Gasteiger partial charge on any atom is -0.311 e. The van der Waals surface area contributed by atoms with Crippen molar-refractivity contribution in [3.8, 4) is 33.4 Å². The molecule has 0 bridgehead atoms. The van der Waals surface area contributed by atoms with Crippen LogP contribution in [0.25, 0.3) is 44.5 Å². The summed E-state index contributed by atoms with van der Waals surface area (Å²) >= 11 is 0. The molecule has 0 saturated carbocycles. The number of benzene rings is 7. The molecule has 0 aromatic heterocycles. The molecule has 1 spiro atoms. The highest BCUT2D eigenvalue weighted by Crippen LogP contribution is 2.67. The summed E-state index contributed by atoms with van der Waals surface area (Å²) in [5.74, 6) is 0.971. The third-order valence-corrected chi connectivity index (χ3v) is 14.6. The van der Waals surface area contributed by atoms with Gasteiger partial charge < -0.3 is 4.90 Å². The van der Waals surface area contributed by atoms with Gasteiger partial charge in [-0.1, -0.05) is 173 Å². The lowest BCUT2D eigenvalue weighted by Crippen LogP contribution is -2.31. The number of hydrogen-bond donors (Lipinski definition) is 0. The van der Waals surface area contributed by atoms with E-state index in [1.54, 1.807) is 5.57 Å². The zero-order valence-electron chi connectivity index (χ0n) is 35.4. The molecular weight excluding hydrogens is 735 g/mol. The molecule has 5 aliphatic carbocycles. The van der Waals surface area contributed by atoms with Gasteiger partial charge in [0.1, 0.15) is 0 Å². The lowest BCUT2D eigenvalue weighted by atomic mass is 9.65. The van der Waals surface area contributed by atoms with Crippen molar-refractivity contribution in [2.24, 2.45) is 11.8 Å². The summed E-state index contributed by atoms with van der Waals surface area (Å²) in [6.07, 6.45) is 13.7. The molecule has 3 unspecified atom stereocenters. The zero-order valence-corrected chi connectivity index (χ0v) is 35.4. The molecule has 0 aliphatic heterocycles. The number of fused-ring (bicyclic) bond motifs is 13. The maximum Gasteiger partial charge on any atom is 0.0691 e. The first-order valence-corrected chi connectivity index (χ1v) is 22.2. The number of rotatable bonds is 5. The largest absolute Gasteiger partial charge is 0.311 e. The Balaban J connectivity index is 0.993. The van der Waals surface area contributed by atoms with E-state index in [-0.39, 0.29) is 10.8 Å². The molecule has 1 heteroatoms. The van der Waals surface area contributed by atoms with Gasteiger partial charge >= 0.3 is 0 Å². The monoisotopic (exact) mass is 783 g/mol. The predicted molar refractivity (Wildman–Crippen MR) is 257 cm³/mol. The van der Waals surface area contributed by atoms with Gasteiger partial charge in [-0.05, 0) is 156 Å². The van der Waals surface area contributed by atoms with Gasteiger partial charge in [0.2, 0.25) is 0 Å². The van der Waals surface area contributed by atoms with Gasteiger partial charge in [-0.25, -0.2) is 0 Å². The number of anilines is 3. The molecule has 12 rings (SSSR count). The maximum absolute atomic E-state index is 2.55. The van der Waals surface area contributed by atoms with Crippen LogP contribution in [0.15, 0.2) is 194 Å². The first kappa shape index (κ1) is 36.2. The highest BCUT2D eigenvalue weighted by Gasteiger charge is 2.56. The van der Waals surface area contributed by atoms with E-state index in [0.29, 0.717) is 11.8 Å². The number of para-hydroxylation sites is 1. The minimum absolute atomic E-state index is 0.116. The van der Waals surface area contributed by atoms with E-state index in [4.69, 9.17) is 0 Å². The molecule has 0 amide bonds. The van der Waals surface area contributed by atoms with Crippen LogP contribution in [0.1, 0.15) is 79.5 Å². The third-order valence-electron chi connectivity index (χ3n) is 14.6. The van der Waals surface area contributed by atoms with E-state index in [2.05, 4.69) is 221 Å². The molecule has 0 N–H and O–H groups in total. The van der Waals surface area contributed by atoms with E-state index in [1.165, 1.54) is 83.5 Å². The number of hydrogen-bond acceptors (Lipinski definition) is 1. The second-order valence-corrected chi connectivity index (χ2v) is 18.5. The SMILES string of the molecule is CC1C=CC=C(c2ccc(N(c3ccccc3)c3ccc(-c4ccc5c(c4)C4(C6=C5C=CCC6C)c5ccccc5-c5c4ccc4c5C(C)(C)c5ccccc5-4)cc3)cc2)C1. The fourth-order valence-electron chi connectivity index (χ4n) is 12.0. The van der Waals surface area contributed by atoms with Crippen LogP contribution in [0.5, 0.6) is 0 Å². The summed E-state index contributed by atoms with van der Waals surface area (Å²) in [4.78, 5) is 2.37. The first-order valence-electron chi connectivity index (χ1n) is 22.2. The zero-order chi connectivity index (χ0) is 41.0. The van der Waals surface area contributed by atoms with Gasteiger partial charge in [0.25, 0.3) is 0 Å². The Morgan fingerprint density at radius 1 is 0.541 bits per heavy atom. The smallest absolute Gasteiger partial charge is 0.0691 e. The van der Waals surface area contributed by atoms with Crippen molar-refractivity contribution in [2.75, 3.05) is 4.90 Å². The molecule has 3 atom stereocenters. The molecule has 294 valence electrons. The van der Waals surface area contributed by atoms with Crippen LogP contribution in [0, 0.1) is 11.8 Å². The van der Waals surface area contributed by atoms with Crippen LogP contribution >= 0.6 is 0 Å². The summed E-state index contributed by atoms with van der Waals surface area (Å²) in [6, 6.07) is 59.9. The molecule has 0 heterocycles. The van der Waals surface area contributed by atoms with E-state index < -0.39 is 0 Å². The van der Waals surface area contributed by atoms with Crippen molar-refractivity contribution < 1.29 is 0 Å². The standard InChI is InChI=1S/C60H49N/c1-38-14-12-16-42(36-38)40-24-29-45(30-25-40)61(44-17-6-5-7-18-44)46-31-26-41(27-32-46)43-28-33-48-49-21-13-15-39(2)57(49)60(55(48)37-43)53-23-11-9-20-51(53)56-54(60)35-34-50-47-19-8-10-22-52(47)59(3,4)58(50)56/h5-14,16-35,37-39H,15,36H2,1-4H3. The van der Waals surface area contributed by atoms with Gasteiger partial charge in [-0.15, -0.1) is 0 Å². The molecule has 7 aromatic carbocycles. The molecule has 1 nitrogen and oxygen atoms in total. The highest BCUT2D eigenvalue weighted by molar-refractivity contribution is 6.01. The van der Waals surface area contributed by atoms with Crippen molar-refractivity contribution in [3.05, 3.63) is 233 Å². The predicted octanol–water partition coefficient (Wildman–Crippen LogP) is 15.8. The molecule has 7 aromatic rings. The summed E-state index contributed by atoms with van der Waals surface area (Å²) in [5, 5.41) is 0. The fraction of sp³-hybridized carbons (Fsp3) is 0.167. The van der Waals surface area contributed by atoms with E-state index in [0.717, 1.165) is 29.9 Å². The van der Waals surface area contributed by atoms with Crippen molar-refractivity contribution in [3.63, 3.8) is 0 Å². The molecule has 5 aliphatic rings. The van der Waals surface area contributed by atoms with Crippen molar-refractivity contribution >= 4 is 28.2 Å². The van der Waals surface area contributed by atoms with Crippen molar-refractivity contribution in [2.45, 2.75) is 51.4 Å². The second kappa shape index (κ2) is 13.4. The lowest BCUT2D eigenvalue weighted by molar-refractivity contribution is 0.590. The first-order chi connectivity index (χ1) is 29.8. The summed E-state index contributed by atoms with van der Waals surface area (Å²) in [6.45, 7) is 9.62. The van der Waals surface area contributed by atoms with Gasteiger partial charge in [-0.2, -0.15) is 0 Å². The Morgan fingerprint density at radius 3 is 1.93 bits per heavy atom. The van der Waals surface area contributed by atoms with Crippen molar-refractivity contribution in [1.29, 1.82) is 0 Å². The van der Waals surface area contributed by atoms with Crippen LogP contribution in [0.4, 0.5) is 17.1 Å². The molecule has 61 heavy (non-hydrogen) atoms. The fourth-order valence-corrected chi connectivity index (χ4v) is 12.0. The Labute approximate surface area is 360 Å². The van der Waals surface area contributed by atoms with E-state index in [1.807, 2.05) is 0 Å². The van der Waals surface area contributed by atoms with Gasteiger partial charge in [0.15, 0.2) is 0 Å². The molecule has 0 radical (unpaired) electrons. The Morgan fingerprint density at radius 2 is 1.18 bits per heavy atom. The number of allylic oxidation sites excluding steroid dienone is 8. The Hall–Kier alpha value is -6.70. The third kappa shape index (κ3) is 5.13. The topological polar surface area (TPSA) is 3.24 Å². The average Bonchev–Trinajstić information content (AvgIpc) is 3.86. The van der Waals surface area contributed by atoms with E-state index >= 15 is 0 Å². The lowest BCUT2D eigenvalue weighted by Gasteiger charge is -2.37. The molecular formula is C60H49N. The quantitative estimate of drug-likeness (QED) is 0.168. The Kier molecular flexibility index (Phi) is 7.95.